The Labute approximate surface area is 194 Å². The number of nitrogens with zero attached hydrogens (tertiary/aromatic N) is 4. The van der Waals surface area contributed by atoms with E-state index in [4.69, 9.17) is 15.0 Å². The second-order valence-electron chi connectivity index (χ2n) is 9.07. The van der Waals surface area contributed by atoms with Crippen LogP contribution in [0.5, 0.6) is 5.75 Å². The molecule has 0 saturated carbocycles. The number of hydrogen-bond acceptors (Lipinski definition) is 5. The van der Waals surface area contributed by atoms with Crippen LogP contribution in [0.15, 0.2) is 59.7 Å². The lowest BCUT2D eigenvalue weighted by Crippen LogP contribution is -2.47. The van der Waals surface area contributed by atoms with E-state index in [1.54, 1.807) is 20.8 Å². The standard InChI is InChI=1S/C25H30N4O4/c1-25(2,3)33-24(31)22-10-7-15-29(22)23(30)21(27-28-26)16-18-11-13-20(14-12-18)32-17-19-8-5-4-6-9-19/h4-6,8-9,11-14,21-22H,7,10,15-17H2,1-3H3/t21-,22+/m0/s1. The van der Waals surface area contributed by atoms with Gasteiger partial charge in [-0.05, 0) is 68.8 Å². The summed E-state index contributed by atoms with van der Waals surface area (Å²) in [7, 11) is 0. The minimum absolute atomic E-state index is 0.236. The first-order chi connectivity index (χ1) is 15.8. The van der Waals surface area contributed by atoms with Crippen LogP contribution in [-0.2, 0) is 27.4 Å². The average Bonchev–Trinajstić information content (AvgIpc) is 3.28. The molecule has 1 aliphatic rings. The number of ether oxygens (including phenoxy) is 2. The van der Waals surface area contributed by atoms with Gasteiger partial charge in [-0.25, -0.2) is 4.79 Å². The molecule has 1 fully saturated rings. The van der Waals surface area contributed by atoms with E-state index < -0.39 is 23.7 Å². The molecule has 0 aromatic heterocycles. The fraction of sp³-hybridized carbons (Fsp3) is 0.440. The predicted octanol–water partition coefficient (Wildman–Crippen LogP) is 4.82. The molecule has 1 heterocycles. The summed E-state index contributed by atoms with van der Waals surface area (Å²) in [5.74, 6) is -0.0719. The maximum atomic E-state index is 13.2. The van der Waals surface area contributed by atoms with Crippen molar-refractivity contribution in [1.82, 2.24) is 4.90 Å². The van der Waals surface area contributed by atoms with Gasteiger partial charge in [0.2, 0.25) is 5.91 Å². The number of carbonyl (C=O) groups excluding carboxylic acids is 2. The number of amides is 1. The highest BCUT2D eigenvalue weighted by atomic mass is 16.6. The number of azide groups is 1. The van der Waals surface area contributed by atoms with Crippen LogP contribution in [-0.4, -0.2) is 41.0 Å². The summed E-state index contributed by atoms with van der Waals surface area (Å²) >= 11 is 0. The highest BCUT2D eigenvalue weighted by Crippen LogP contribution is 2.24. The minimum atomic E-state index is -0.936. The Kier molecular flexibility index (Phi) is 7.96. The lowest BCUT2D eigenvalue weighted by Gasteiger charge is -2.29. The molecule has 1 amide bonds. The smallest absolute Gasteiger partial charge is 0.329 e. The van der Waals surface area contributed by atoms with Crippen molar-refractivity contribution in [3.05, 3.63) is 76.2 Å². The van der Waals surface area contributed by atoms with Crippen LogP contribution in [0.25, 0.3) is 10.4 Å². The van der Waals surface area contributed by atoms with Gasteiger partial charge in [0.15, 0.2) is 0 Å². The molecular formula is C25H30N4O4. The largest absolute Gasteiger partial charge is 0.489 e. The molecule has 2 aromatic carbocycles. The summed E-state index contributed by atoms with van der Waals surface area (Å²) in [6, 6.07) is 15.6. The molecule has 0 spiro atoms. The number of rotatable bonds is 8. The Hall–Kier alpha value is -3.51. The first-order valence-electron chi connectivity index (χ1n) is 11.1. The minimum Gasteiger partial charge on any atom is -0.489 e. The zero-order chi connectivity index (χ0) is 23.8. The molecule has 3 rings (SSSR count). The van der Waals surface area contributed by atoms with Gasteiger partial charge >= 0.3 is 5.97 Å². The topological polar surface area (TPSA) is 105 Å². The van der Waals surface area contributed by atoms with Crippen LogP contribution in [0.2, 0.25) is 0 Å². The summed E-state index contributed by atoms with van der Waals surface area (Å²) in [6.45, 7) is 6.28. The SMILES string of the molecule is CC(C)(C)OC(=O)[C@H]1CCCN1C(=O)[C@H](Cc1ccc(OCc2ccccc2)cc1)N=[N+]=[N-]. The van der Waals surface area contributed by atoms with Crippen LogP contribution >= 0.6 is 0 Å². The van der Waals surface area contributed by atoms with Gasteiger partial charge in [0, 0.05) is 11.5 Å². The third-order valence-electron chi connectivity index (χ3n) is 5.29. The van der Waals surface area contributed by atoms with E-state index >= 15 is 0 Å². The zero-order valence-electron chi connectivity index (χ0n) is 19.3. The molecule has 1 aliphatic heterocycles. The van der Waals surface area contributed by atoms with Crippen LogP contribution in [0.4, 0.5) is 0 Å². The zero-order valence-corrected chi connectivity index (χ0v) is 19.3. The van der Waals surface area contributed by atoms with Crippen molar-refractivity contribution in [1.29, 1.82) is 0 Å². The third-order valence-corrected chi connectivity index (χ3v) is 5.29. The van der Waals surface area contributed by atoms with Crippen molar-refractivity contribution in [2.24, 2.45) is 5.11 Å². The van der Waals surface area contributed by atoms with Crippen molar-refractivity contribution in [2.45, 2.75) is 64.3 Å². The lowest BCUT2D eigenvalue weighted by atomic mass is 10.0. The van der Waals surface area contributed by atoms with Crippen molar-refractivity contribution in [2.75, 3.05) is 6.54 Å². The van der Waals surface area contributed by atoms with Crippen molar-refractivity contribution in [3.63, 3.8) is 0 Å². The molecule has 2 aromatic rings. The van der Waals surface area contributed by atoms with Gasteiger partial charge < -0.3 is 14.4 Å². The number of carbonyl (C=O) groups is 2. The summed E-state index contributed by atoms with van der Waals surface area (Å²) in [6.07, 6.45) is 1.47. The molecule has 0 unspecified atom stereocenters. The summed E-state index contributed by atoms with van der Waals surface area (Å²) in [5, 5.41) is 3.74. The van der Waals surface area contributed by atoms with E-state index in [9.17, 15) is 9.59 Å². The Bertz CT molecular complexity index is 995. The normalized spacial score (nSPS) is 16.6. The summed E-state index contributed by atoms with van der Waals surface area (Å²) < 4.78 is 11.3. The van der Waals surface area contributed by atoms with Gasteiger partial charge in [-0.1, -0.05) is 47.6 Å². The Morgan fingerprint density at radius 3 is 2.45 bits per heavy atom. The highest BCUT2D eigenvalue weighted by molar-refractivity contribution is 5.88. The second kappa shape index (κ2) is 10.9. The van der Waals surface area contributed by atoms with Gasteiger partial charge in [0.25, 0.3) is 0 Å². The van der Waals surface area contributed by atoms with Gasteiger partial charge in [-0.2, -0.15) is 0 Å². The molecule has 1 saturated heterocycles. The maximum Gasteiger partial charge on any atom is 0.329 e. The van der Waals surface area contributed by atoms with E-state index in [1.165, 1.54) is 4.90 Å². The highest BCUT2D eigenvalue weighted by Gasteiger charge is 2.39. The molecule has 0 bridgehead atoms. The van der Waals surface area contributed by atoms with Crippen LogP contribution in [0.3, 0.4) is 0 Å². The Balaban J connectivity index is 1.64. The summed E-state index contributed by atoms with van der Waals surface area (Å²) in [5.41, 5.74) is 10.3. The monoisotopic (exact) mass is 450 g/mol. The number of benzene rings is 2. The molecule has 0 radical (unpaired) electrons. The first-order valence-corrected chi connectivity index (χ1v) is 11.1. The molecule has 8 heteroatoms. The van der Waals surface area contributed by atoms with Crippen molar-refractivity contribution >= 4 is 11.9 Å². The predicted molar refractivity (Wildman–Crippen MR) is 124 cm³/mol. The third kappa shape index (κ3) is 6.99. The van der Waals surface area contributed by atoms with Crippen LogP contribution < -0.4 is 4.74 Å². The molecule has 33 heavy (non-hydrogen) atoms. The molecular weight excluding hydrogens is 420 g/mol. The second-order valence-corrected chi connectivity index (χ2v) is 9.07. The van der Waals surface area contributed by atoms with Crippen molar-refractivity contribution in [3.8, 4) is 5.75 Å². The van der Waals surface area contributed by atoms with E-state index in [-0.39, 0.29) is 12.3 Å². The lowest BCUT2D eigenvalue weighted by molar-refractivity contribution is -0.163. The summed E-state index contributed by atoms with van der Waals surface area (Å²) in [4.78, 5) is 30.1. The van der Waals surface area contributed by atoms with E-state index in [0.29, 0.717) is 31.7 Å². The Morgan fingerprint density at radius 2 is 1.82 bits per heavy atom. The van der Waals surface area contributed by atoms with Crippen LogP contribution in [0.1, 0.15) is 44.7 Å². The maximum absolute atomic E-state index is 13.2. The van der Waals surface area contributed by atoms with Gasteiger partial charge in [-0.15, -0.1) is 0 Å². The van der Waals surface area contributed by atoms with E-state index in [1.807, 2.05) is 54.6 Å². The Morgan fingerprint density at radius 1 is 1.12 bits per heavy atom. The first kappa shape index (κ1) is 24.1. The fourth-order valence-electron chi connectivity index (χ4n) is 3.76. The fourth-order valence-corrected chi connectivity index (χ4v) is 3.76. The van der Waals surface area contributed by atoms with Gasteiger partial charge in [-0.3, -0.25) is 4.79 Å². The number of hydrogen-bond donors (Lipinski definition) is 0. The van der Waals surface area contributed by atoms with Gasteiger partial charge in [0.05, 0.1) is 0 Å². The van der Waals surface area contributed by atoms with E-state index in [0.717, 1.165) is 11.1 Å². The van der Waals surface area contributed by atoms with Crippen molar-refractivity contribution < 1.29 is 19.1 Å². The quantitative estimate of drug-likeness (QED) is 0.249. The molecule has 0 aliphatic carbocycles. The number of likely N-dealkylation sites (tertiary alicyclic amines) is 1. The molecule has 0 N–H and O–H groups in total. The average molecular weight is 451 g/mol. The molecule has 174 valence electrons. The molecule has 2 atom stereocenters. The van der Waals surface area contributed by atoms with Crippen LogP contribution in [0, 0.1) is 0 Å². The van der Waals surface area contributed by atoms with E-state index in [2.05, 4.69) is 10.0 Å². The molecule has 8 nitrogen and oxygen atoms in total. The number of esters is 1. The van der Waals surface area contributed by atoms with Gasteiger partial charge in [0.1, 0.15) is 30.0 Å².